The maximum atomic E-state index is 11.8. The Morgan fingerprint density at radius 1 is 1.40 bits per heavy atom. The zero-order chi connectivity index (χ0) is 11.3. The van der Waals surface area contributed by atoms with Gasteiger partial charge in [-0.15, -0.1) is 0 Å². The molecule has 0 unspecified atom stereocenters. The minimum atomic E-state index is -0.990. The minimum absolute atomic E-state index is 0.0984. The van der Waals surface area contributed by atoms with Gasteiger partial charge in [-0.2, -0.15) is 0 Å². The van der Waals surface area contributed by atoms with Crippen LogP contribution in [0.4, 0.5) is 0 Å². The van der Waals surface area contributed by atoms with Gasteiger partial charge in [0.25, 0.3) is 0 Å². The van der Waals surface area contributed by atoms with Gasteiger partial charge in [-0.1, -0.05) is 0 Å². The van der Waals surface area contributed by atoms with Gasteiger partial charge in [-0.05, 0) is 32.9 Å². The van der Waals surface area contributed by atoms with Crippen molar-refractivity contribution in [2.75, 3.05) is 26.2 Å². The van der Waals surface area contributed by atoms with Gasteiger partial charge in [0.05, 0.1) is 13.2 Å². The molecule has 0 saturated carbocycles. The molecule has 0 amide bonds. The molecule has 0 aromatic heterocycles. The van der Waals surface area contributed by atoms with Crippen LogP contribution in [-0.2, 0) is 14.3 Å². The smallest absolute Gasteiger partial charge is 0.319 e. The molecule has 5 nitrogen and oxygen atoms in total. The van der Waals surface area contributed by atoms with Crippen LogP contribution in [-0.4, -0.2) is 38.0 Å². The Morgan fingerprint density at radius 2 is 2.00 bits per heavy atom. The van der Waals surface area contributed by atoms with Gasteiger partial charge in [-0.25, -0.2) is 0 Å². The summed E-state index contributed by atoms with van der Waals surface area (Å²) in [5.74, 6) is -0.621. The Kier molecular flexibility index (Phi) is 4.23. The topological polar surface area (TPSA) is 81.4 Å². The van der Waals surface area contributed by atoms with E-state index in [2.05, 4.69) is 5.32 Å². The summed E-state index contributed by atoms with van der Waals surface area (Å²) >= 11 is 0. The van der Waals surface area contributed by atoms with Crippen molar-refractivity contribution in [3.63, 3.8) is 0 Å². The first kappa shape index (κ1) is 12.1. The normalized spacial score (nSPS) is 19.6. The number of nitrogens with one attached hydrogen (secondary N) is 1. The van der Waals surface area contributed by atoms with Crippen LogP contribution in [0.25, 0.3) is 0 Å². The van der Waals surface area contributed by atoms with Crippen molar-refractivity contribution < 1.29 is 14.3 Å². The molecule has 0 radical (unpaired) electrons. The van der Waals surface area contributed by atoms with Crippen LogP contribution in [0.15, 0.2) is 0 Å². The molecule has 1 rings (SSSR count). The first-order chi connectivity index (χ1) is 7.17. The van der Waals surface area contributed by atoms with Crippen molar-refractivity contribution >= 4 is 11.8 Å². The molecule has 0 atom stereocenters. The standard InChI is InChI=1S/C10H18N2O3/c1-2-15-9(14)10(8(13)7-11)3-5-12-6-4-10/h12H,2-7,11H2,1H3. The molecule has 15 heavy (non-hydrogen) atoms. The maximum Gasteiger partial charge on any atom is 0.319 e. The first-order valence-corrected chi connectivity index (χ1v) is 5.28. The number of ether oxygens (including phenoxy) is 1. The number of Topliss-reactive ketones (excluding diaryl/α,β-unsaturated/α-hetero) is 1. The van der Waals surface area contributed by atoms with E-state index in [4.69, 9.17) is 10.5 Å². The fraction of sp³-hybridized carbons (Fsp3) is 0.800. The molecule has 1 saturated heterocycles. The van der Waals surface area contributed by atoms with Crippen molar-refractivity contribution in [3.05, 3.63) is 0 Å². The average molecular weight is 214 g/mol. The fourth-order valence-corrected chi connectivity index (χ4v) is 1.91. The van der Waals surface area contributed by atoms with Crippen LogP contribution in [0, 0.1) is 5.41 Å². The van der Waals surface area contributed by atoms with Crippen molar-refractivity contribution in [2.45, 2.75) is 19.8 Å². The van der Waals surface area contributed by atoms with Gasteiger partial charge in [-0.3, -0.25) is 9.59 Å². The number of carbonyl (C=O) groups excluding carboxylic acids is 2. The Morgan fingerprint density at radius 3 is 2.47 bits per heavy atom. The highest BCUT2D eigenvalue weighted by molar-refractivity contribution is 6.04. The van der Waals surface area contributed by atoms with Gasteiger partial charge < -0.3 is 15.8 Å². The molecule has 1 heterocycles. The molecule has 5 heteroatoms. The lowest BCUT2D eigenvalue weighted by Gasteiger charge is -2.33. The number of esters is 1. The van der Waals surface area contributed by atoms with E-state index in [1.165, 1.54) is 0 Å². The monoisotopic (exact) mass is 214 g/mol. The molecule has 86 valence electrons. The molecular weight excluding hydrogens is 196 g/mol. The fourth-order valence-electron chi connectivity index (χ4n) is 1.91. The Balaban J connectivity index is 2.84. The predicted molar refractivity (Wildman–Crippen MR) is 55.2 cm³/mol. The van der Waals surface area contributed by atoms with Crippen LogP contribution in [0.2, 0.25) is 0 Å². The third-order valence-corrected chi connectivity index (χ3v) is 2.84. The minimum Gasteiger partial charge on any atom is -0.465 e. The average Bonchev–Trinajstić information content (AvgIpc) is 2.29. The summed E-state index contributed by atoms with van der Waals surface area (Å²) in [6, 6.07) is 0. The summed E-state index contributed by atoms with van der Waals surface area (Å²) in [7, 11) is 0. The summed E-state index contributed by atoms with van der Waals surface area (Å²) in [6.45, 7) is 3.25. The van der Waals surface area contributed by atoms with Crippen LogP contribution >= 0.6 is 0 Å². The van der Waals surface area contributed by atoms with Gasteiger partial charge in [0, 0.05) is 0 Å². The highest BCUT2D eigenvalue weighted by Gasteiger charge is 2.46. The van der Waals surface area contributed by atoms with E-state index >= 15 is 0 Å². The highest BCUT2D eigenvalue weighted by Crippen LogP contribution is 2.31. The number of rotatable bonds is 4. The molecule has 3 N–H and O–H groups in total. The number of carbonyl (C=O) groups is 2. The van der Waals surface area contributed by atoms with E-state index in [0.29, 0.717) is 32.5 Å². The van der Waals surface area contributed by atoms with Gasteiger partial charge >= 0.3 is 5.97 Å². The van der Waals surface area contributed by atoms with Gasteiger partial charge in [0.2, 0.25) is 0 Å². The quantitative estimate of drug-likeness (QED) is 0.484. The second-order valence-electron chi connectivity index (χ2n) is 3.68. The summed E-state index contributed by atoms with van der Waals surface area (Å²) in [4.78, 5) is 23.5. The lowest BCUT2D eigenvalue weighted by atomic mass is 9.75. The molecule has 1 fully saturated rings. The van der Waals surface area contributed by atoms with Crippen LogP contribution in [0.3, 0.4) is 0 Å². The third kappa shape index (κ3) is 2.35. The van der Waals surface area contributed by atoms with E-state index in [9.17, 15) is 9.59 Å². The molecule has 0 spiro atoms. The molecule has 0 bridgehead atoms. The second-order valence-corrected chi connectivity index (χ2v) is 3.68. The van der Waals surface area contributed by atoms with Crippen LogP contribution < -0.4 is 11.1 Å². The van der Waals surface area contributed by atoms with Crippen LogP contribution in [0.1, 0.15) is 19.8 Å². The Labute approximate surface area is 89.3 Å². The van der Waals surface area contributed by atoms with E-state index in [0.717, 1.165) is 0 Å². The maximum absolute atomic E-state index is 11.8. The lowest BCUT2D eigenvalue weighted by Crippen LogP contribution is -2.50. The number of hydrogen-bond donors (Lipinski definition) is 2. The van der Waals surface area contributed by atoms with Crippen molar-refractivity contribution in [1.82, 2.24) is 5.32 Å². The first-order valence-electron chi connectivity index (χ1n) is 5.28. The molecule has 1 aliphatic heterocycles. The summed E-state index contributed by atoms with van der Waals surface area (Å²) in [6.07, 6.45) is 0.976. The molecule has 1 aliphatic rings. The summed E-state index contributed by atoms with van der Waals surface area (Å²) in [5, 5.41) is 3.11. The molecule has 0 aromatic carbocycles. The summed E-state index contributed by atoms with van der Waals surface area (Å²) in [5.41, 5.74) is 4.35. The number of piperidine rings is 1. The lowest BCUT2D eigenvalue weighted by molar-refractivity contribution is -0.161. The molecular formula is C10H18N2O3. The third-order valence-electron chi connectivity index (χ3n) is 2.84. The van der Waals surface area contributed by atoms with Crippen molar-refractivity contribution in [3.8, 4) is 0 Å². The number of hydrogen-bond acceptors (Lipinski definition) is 5. The van der Waals surface area contributed by atoms with Crippen LogP contribution in [0.5, 0.6) is 0 Å². The summed E-state index contributed by atoms with van der Waals surface area (Å²) < 4.78 is 4.96. The highest BCUT2D eigenvalue weighted by atomic mass is 16.5. The number of nitrogens with two attached hydrogens (primary N) is 1. The van der Waals surface area contributed by atoms with Gasteiger partial charge in [0.15, 0.2) is 5.78 Å². The zero-order valence-corrected chi connectivity index (χ0v) is 9.04. The Bertz CT molecular complexity index is 247. The second kappa shape index (κ2) is 5.23. The van der Waals surface area contributed by atoms with E-state index < -0.39 is 11.4 Å². The molecule has 0 aromatic rings. The van der Waals surface area contributed by atoms with E-state index in [1.807, 2.05) is 0 Å². The van der Waals surface area contributed by atoms with Gasteiger partial charge in [0.1, 0.15) is 5.41 Å². The van der Waals surface area contributed by atoms with Crippen molar-refractivity contribution in [1.29, 1.82) is 0 Å². The SMILES string of the molecule is CCOC(=O)C1(C(=O)CN)CCNCC1. The van der Waals surface area contributed by atoms with E-state index in [1.54, 1.807) is 6.92 Å². The predicted octanol–water partition coefficient (Wildman–Crippen LogP) is -0.553. The Hall–Kier alpha value is -0.940. The van der Waals surface area contributed by atoms with Crippen molar-refractivity contribution in [2.24, 2.45) is 11.1 Å². The van der Waals surface area contributed by atoms with E-state index in [-0.39, 0.29) is 12.3 Å². The number of ketones is 1. The molecule has 0 aliphatic carbocycles. The zero-order valence-electron chi connectivity index (χ0n) is 9.04. The largest absolute Gasteiger partial charge is 0.465 e.